The third kappa shape index (κ3) is 8.06. The molecule has 0 heterocycles. The number of halogens is 1. The molecule has 10 heteroatoms. The van der Waals surface area contributed by atoms with Gasteiger partial charge in [0.25, 0.3) is 0 Å². The van der Waals surface area contributed by atoms with Crippen LogP contribution in [0.15, 0.2) is 83.3 Å². The van der Waals surface area contributed by atoms with Crippen LogP contribution in [0.25, 0.3) is 0 Å². The van der Waals surface area contributed by atoms with Crippen molar-refractivity contribution < 1.29 is 22.7 Å². The molecule has 0 aliphatic heterocycles. The van der Waals surface area contributed by atoms with Crippen molar-refractivity contribution in [2.75, 3.05) is 30.8 Å². The Morgan fingerprint density at radius 3 is 2.13 bits per heavy atom. The minimum Gasteiger partial charge on any atom is -0.494 e. The van der Waals surface area contributed by atoms with Gasteiger partial charge in [-0.3, -0.25) is 13.9 Å². The standard InChI is InChI=1S/C28H32BrN3O5S/c1-4-37-25-16-14-24(15-17-25)32(38(3,35)36)20-27(33)31(19-22-10-12-23(29)13-11-22)26(28(34)30-2)18-21-8-6-5-7-9-21/h5-17,26H,4,18-20H2,1-3H3,(H,30,34)/t26-/m0/s1. The topological polar surface area (TPSA) is 96.0 Å². The summed E-state index contributed by atoms with van der Waals surface area (Å²) in [6, 6.07) is 22.5. The molecule has 0 unspecified atom stereocenters. The van der Waals surface area contributed by atoms with Gasteiger partial charge in [0.1, 0.15) is 18.3 Å². The van der Waals surface area contributed by atoms with Crippen LogP contribution < -0.4 is 14.4 Å². The lowest BCUT2D eigenvalue weighted by atomic mass is 10.0. The summed E-state index contributed by atoms with van der Waals surface area (Å²) in [5, 5.41) is 2.66. The van der Waals surface area contributed by atoms with Crippen LogP contribution in [0, 0.1) is 0 Å². The Morgan fingerprint density at radius 2 is 1.58 bits per heavy atom. The first-order chi connectivity index (χ1) is 18.1. The second kappa shape index (κ2) is 13.4. The lowest BCUT2D eigenvalue weighted by Gasteiger charge is -2.33. The Hall–Kier alpha value is -3.37. The van der Waals surface area contributed by atoms with Gasteiger partial charge in [-0.2, -0.15) is 0 Å². The van der Waals surface area contributed by atoms with Crippen molar-refractivity contribution in [3.05, 3.63) is 94.5 Å². The average Bonchev–Trinajstić information content (AvgIpc) is 2.90. The van der Waals surface area contributed by atoms with Crippen LogP contribution in [0.1, 0.15) is 18.1 Å². The first-order valence-corrected chi connectivity index (χ1v) is 14.8. The summed E-state index contributed by atoms with van der Waals surface area (Å²) in [5.74, 6) is -0.251. The summed E-state index contributed by atoms with van der Waals surface area (Å²) in [6.45, 7) is 1.98. The van der Waals surface area contributed by atoms with E-state index < -0.39 is 28.5 Å². The van der Waals surface area contributed by atoms with Crippen LogP contribution in [0.2, 0.25) is 0 Å². The highest BCUT2D eigenvalue weighted by Crippen LogP contribution is 2.23. The number of anilines is 1. The van der Waals surface area contributed by atoms with Gasteiger partial charge in [-0.25, -0.2) is 8.42 Å². The Morgan fingerprint density at radius 1 is 0.947 bits per heavy atom. The molecule has 3 aromatic carbocycles. The molecule has 0 fully saturated rings. The summed E-state index contributed by atoms with van der Waals surface area (Å²) < 4.78 is 33.0. The molecule has 0 radical (unpaired) electrons. The normalized spacial score (nSPS) is 11.9. The maximum atomic E-state index is 13.9. The molecule has 8 nitrogen and oxygen atoms in total. The molecule has 0 saturated carbocycles. The first kappa shape index (κ1) is 29.2. The van der Waals surface area contributed by atoms with Crippen molar-refractivity contribution in [2.24, 2.45) is 0 Å². The fourth-order valence-corrected chi connectivity index (χ4v) is 5.11. The number of nitrogens with one attached hydrogen (secondary N) is 1. The van der Waals surface area contributed by atoms with E-state index >= 15 is 0 Å². The van der Waals surface area contributed by atoms with E-state index in [4.69, 9.17) is 4.74 Å². The number of likely N-dealkylation sites (N-methyl/N-ethyl adjacent to an activating group) is 1. The van der Waals surface area contributed by atoms with E-state index in [1.807, 2.05) is 61.5 Å². The molecule has 0 spiro atoms. The van der Waals surface area contributed by atoms with Gasteiger partial charge in [0, 0.05) is 24.5 Å². The van der Waals surface area contributed by atoms with E-state index in [0.717, 1.165) is 26.2 Å². The number of amides is 2. The molecule has 3 aromatic rings. The highest BCUT2D eigenvalue weighted by molar-refractivity contribution is 9.10. The number of carbonyl (C=O) groups is 2. The highest BCUT2D eigenvalue weighted by atomic mass is 79.9. The summed E-state index contributed by atoms with van der Waals surface area (Å²) >= 11 is 3.42. The number of rotatable bonds is 12. The summed E-state index contributed by atoms with van der Waals surface area (Å²) in [7, 11) is -2.30. The Balaban J connectivity index is 1.99. The maximum Gasteiger partial charge on any atom is 0.244 e. The first-order valence-electron chi connectivity index (χ1n) is 12.1. The monoisotopic (exact) mass is 601 g/mol. The predicted octanol–water partition coefficient (Wildman–Crippen LogP) is 4.00. The Bertz CT molecular complexity index is 1320. The van der Waals surface area contributed by atoms with Gasteiger partial charge in [-0.1, -0.05) is 58.4 Å². The van der Waals surface area contributed by atoms with Gasteiger partial charge >= 0.3 is 0 Å². The Kier molecular flexibility index (Phi) is 10.3. The van der Waals surface area contributed by atoms with Crippen molar-refractivity contribution in [1.82, 2.24) is 10.2 Å². The zero-order valence-electron chi connectivity index (χ0n) is 21.6. The average molecular weight is 603 g/mol. The fourth-order valence-electron chi connectivity index (χ4n) is 4.00. The molecule has 1 N–H and O–H groups in total. The number of hydrogen-bond donors (Lipinski definition) is 1. The predicted molar refractivity (Wildman–Crippen MR) is 152 cm³/mol. The molecule has 0 aromatic heterocycles. The van der Waals surface area contributed by atoms with Gasteiger partial charge in [-0.05, 0) is 54.4 Å². The fraction of sp³-hybridized carbons (Fsp3) is 0.286. The largest absolute Gasteiger partial charge is 0.494 e. The number of sulfonamides is 1. The van der Waals surface area contributed by atoms with E-state index in [-0.39, 0.29) is 18.9 Å². The zero-order valence-corrected chi connectivity index (χ0v) is 24.0. The Labute approximate surface area is 232 Å². The molecule has 0 aliphatic rings. The molecule has 0 saturated heterocycles. The molecule has 0 bridgehead atoms. The van der Waals surface area contributed by atoms with Gasteiger partial charge in [0.2, 0.25) is 21.8 Å². The van der Waals surface area contributed by atoms with E-state index in [9.17, 15) is 18.0 Å². The lowest BCUT2D eigenvalue weighted by molar-refractivity contribution is -0.139. The van der Waals surface area contributed by atoms with E-state index in [0.29, 0.717) is 18.0 Å². The number of carbonyl (C=O) groups excluding carboxylic acids is 2. The SMILES string of the molecule is CCOc1ccc(N(CC(=O)N(Cc2ccc(Br)cc2)[C@@H](Cc2ccccc2)C(=O)NC)S(C)(=O)=O)cc1. The van der Waals surface area contributed by atoms with Gasteiger partial charge < -0.3 is 15.0 Å². The molecule has 0 aliphatic carbocycles. The maximum absolute atomic E-state index is 13.9. The van der Waals surface area contributed by atoms with E-state index in [2.05, 4.69) is 21.2 Å². The van der Waals surface area contributed by atoms with E-state index in [1.165, 1.54) is 11.9 Å². The van der Waals surface area contributed by atoms with Crippen LogP contribution >= 0.6 is 15.9 Å². The molecular weight excluding hydrogens is 570 g/mol. The van der Waals surface area contributed by atoms with Crippen molar-refractivity contribution in [3.8, 4) is 5.75 Å². The number of nitrogens with zero attached hydrogens (tertiary/aromatic N) is 2. The molecular formula is C28H32BrN3O5S. The number of benzene rings is 3. The quantitative estimate of drug-likeness (QED) is 0.338. The van der Waals surface area contributed by atoms with Crippen LogP contribution in [-0.2, 0) is 32.6 Å². The number of ether oxygens (including phenoxy) is 1. The molecule has 38 heavy (non-hydrogen) atoms. The van der Waals surface area contributed by atoms with Crippen molar-refractivity contribution in [3.63, 3.8) is 0 Å². The van der Waals surface area contributed by atoms with E-state index in [1.54, 1.807) is 24.3 Å². The molecule has 2 amide bonds. The van der Waals surface area contributed by atoms with Crippen LogP contribution in [0.3, 0.4) is 0 Å². The van der Waals surface area contributed by atoms with Crippen molar-refractivity contribution in [1.29, 1.82) is 0 Å². The van der Waals surface area contributed by atoms with Crippen LogP contribution in [0.4, 0.5) is 5.69 Å². The second-order valence-electron chi connectivity index (χ2n) is 8.66. The second-order valence-corrected chi connectivity index (χ2v) is 11.5. The lowest BCUT2D eigenvalue weighted by Crippen LogP contribution is -2.52. The minimum absolute atomic E-state index is 0.123. The highest BCUT2D eigenvalue weighted by Gasteiger charge is 2.32. The zero-order chi connectivity index (χ0) is 27.7. The van der Waals surface area contributed by atoms with Crippen molar-refractivity contribution in [2.45, 2.75) is 25.9 Å². The van der Waals surface area contributed by atoms with Crippen molar-refractivity contribution >= 4 is 43.5 Å². The molecule has 1 atom stereocenters. The van der Waals surface area contributed by atoms with Gasteiger partial charge in [0.05, 0.1) is 18.6 Å². The summed E-state index contributed by atoms with van der Waals surface area (Å²) in [5.41, 5.74) is 2.00. The summed E-state index contributed by atoms with van der Waals surface area (Å²) in [6.07, 6.45) is 1.32. The van der Waals surface area contributed by atoms with Gasteiger partial charge in [-0.15, -0.1) is 0 Å². The smallest absolute Gasteiger partial charge is 0.244 e. The van der Waals surface area contributed by atoms with Gasteiger partial charge in [0.15, 0.2) is 0 Å². The molecule has 3 rings (SSSR count). The van der Waals surface area contributed by atoms with Crippen LogP contribution in [-0.4, -0.2) is 57.6 Å². The number of hydrogen-bond acceptors (Lipinski definition) is 5. The molecule has 202 valence electrons. The third-order valence-corrected chi connectivity index (χ3v) is 7.57. The summed E-state index contributed by atoms with van der Waals surface area (Å²) in [4.78, 5) is 28.4. The third-order valence-electron chi connectivity index (χ3n) is 5.90. The minimum atomic E-state index is -3.82. The van der Waals surface area contributed by atoms with Crippen LogP contribution in [0.5, 0.6) is 5.75 Å².